The molecule has 1 aromatic carbocycles. The predicted octanol–water partition coefficient (Wildman–Crippen LogP) is 3.12. The zero-order chi connectivity index (χ0) is 11.4. The predicted molar refractivity (Wildman–Crippen MR) is 65.9 cm³/mol. The van der Waals surface area contributed by atoms with Crippen molar-refractivity contribution in [3.05, 3.63) is 30.3 Å². The molecule has 2 rings (SSSR count). The number of hydrogen-bond donors (Lipinski definition) is 2. The number of para-hydroxylation sites is 1. The second-order valence-electron chi connectivity index (χ2n) is 3.57. The lowest BCUT2D eigenvalue weighted by Gasteiger charge is -1.95. The van der Waals surface area contributed by atoms with Gasteiger partial charge in [0.25, 0.3) is 0 Å². The lowest BCUT2D eigenvalue weighted by atomic mass is 10.3. The van der Waals surface area contributed by atoms with Crippen LogP contribution in [0, 0.1) is 0 Å². The molecule has 4 heteroatoms. The number of carboxylic acid groups (broad SMARTS) is 1. The molecule has 0 aliphatic heterocycles. The molecule has 2 aromatic rings. The maximum atomic E-state index is 10.3. The highest BCUT2D eigenvalue weighted by molar-refractivity contribution is 7.99. The van der Waals surface area contributed by atoms with Crippen LogP contribution in [-0.2, 0) is 4.79 Å². The van der Waals surface area contributed by atoms with E-state index in [1.165, 1.54) is 5.39 Å². The van der Waals surface area contributed by atoms with Gasteiger partial charge in [-0.3, -0.25) is 4.79 Å². The van der Waals surface area contributed by atoms with Crippen LogP contribution in [-0.4, -0.2) is 21.8 Å². The highest BCUT2D eigenvalue weighted by Crippen LogP contribution is 2.23. The summed E-state index contributed by atoms with van der Waals surface area (Å²) in [5.74, 6) is 0.108. The molecule has 0 bridgehead atoms. The summed E-state index contributed by atoms with van der Waals surface area (Å²) in [6.45, 7) is 0. The monoisotopic (exact) mass is 235 g/mol. The Morgan fingerprint density at radius 3 is 2.94 bits per heavy atom. The van der Waals surface area contributed by atoms with Gasteiger partial charge in [-0.15, -0.1) is 11.8 Å². The van der Waals surface area contributed by atoms with Crippen molar-refractivity contribution in [2.45, 2.75) is 17.9 Å². The van der Waals surface area contributed by atoms with E-state index in [-0.39, 0.29) is 6.42 Å². The molecule has 1 aromatic heterocycles. The van der Waals surface area contributed by atoms with Gasteiger partial charge in [-0.1, -0.05) is 18.2 Å². The lowest BCUT2D eigenvalue weighted by molar-refractivity contribution is -0.137. The first-order valence-corrected chi connectivity index (χ1v) is 6.16. The Morgan fingerprint density at radius 2 is 2.19 bits per heavy atom. The van der Waals surface area contributed by atoms with Gasteiger partial charge in [0.15, 0.2) is 0 Å². The maximum Gasteiger partial charge on any atom is 0.303 e. The van der Waals surface area contributed by atoms with Crippen LogP contribution in [0.5, 0.6) is 0 Å². The van der Waals surface area contributed by atoms with Crippen molar-refractivity contribution >= 4 is 28.6 Å². The number of aromatic nitrogens is 1. The van der Waals surface area contributed by atoms with Gasteiger partial charge in [-0.2, -0.15) is 0 Å². The zero-order valence-electron chi connectivity index (χ0n) is 8.77. The molecule has 0 radical (unpaired) electrons. The summed E-state index contributed by atoms with van der Waals surface area (Å²) in [4.78, 5) is 13.6. The maximum absolute atomic E-state index is 10.3. The first-order chi connectivity index (χ1) is 7.75. The van der Waals surface area contributed by atoms with E-state index in [1.54, 1.807) is 11.8 Å². The van der Waals surface area contributed by atoms with E-state index in [9.17, 15) is 4.79 Å². The molecule has 0 saturated heterocycles. The molecule has 0 fully saturated rings. The van der Waals surface area contributed by atoms with Gasteiger partial charge >= 0.3 is 5.97 Å². The van der Waals surface area contributed by atoms with Gasteiger partial charge < -0.3 is 10.1 Å². The van der Waals surface area contributed by atoms with Crippen LogP contribution >= 0.6 is 11.8 Å². The summed E-state index contributed by atoms with van der Waals surface area (Å²) in [6.07, 6.45) is 0.947. The Bertz CT molecular complexity index is 459. The second kappa shape index (κ2) is 5.07. The zero-order valence-corrected chi connectivity index (χ0v) is 9.59. The highest BCUT2D eigenvalue weighted by atomic mass is 32.2. The number of hydrogen-bond acceptors (Lipinski definition) is 2. The Hall–Kier alpha value is -1.42. The number of nitrogens with one attached hydrogen (secondary N) is 1. The van der Waals surface area contributed by atoms with E-state index in [4.69, 9.17) is 5.11 Å². The van der Waals surface area contributed by atoms with E-state index in [1.807, 2.05) is 18.2 Å². The summed E-state index contributed by atoms with van der Waals surface area (Å²) in [5, 5.41) is 10.8. The van der Waals surface area contributed by atoms with Crippen LogP contribution in [0.25, 0.3) is 10.9 Å². The lowest BCUT2D eigenvalue weighted by Crippen LogP contribution is -1.94. The molecule has 0 unspecified atom stereocenters. The largest absolute Gasteiger partial charge is 0.481 e. The van der Waals surface area contributed by atoms with Crippen LogP contribution in [0.15, 0.2) is 35.4 Å². The number of carboxylic acids is 1. The second-order valence-corrected chi connectivity index (χ2v) is 4.70. The van der Waals surface area contributed by atoms with Gasteiger partial charge in [0, 0.05) is 17.3 Å². The van der Waals surface area contributed by atoms with Gasteiger partial charge in [-0.25, -0.2) is 0 Å². The molecular weight excluding hydrogens is 222 g/mol. The van der Waals surface area contributed by atoms with E-state index < -0.39 is 5.97 Å². The molecule has 84 valence electrons. The molecule has 0 aliphatic carbocycles. The van der Waals surface area contributed by atoms with Crippen molar-refractivity contribution in [2.75, 3.05) is 5.75 Å². The van der Waals surface area contributed by atoms with Crippen molar-refractivity contribution in [3.8, 4) is 0 Å². The number of H-pyrrole nitrogens is 1. The normalized spacial score (nSPS) is 10.8. The molecule has 3 nitrogen and oxygen atoms in total. The molecule has 0 saturated carbocycles. The first kappa shape index (κ1) is 11.1. The van der Waals surface area contributed by atoms with Crippen LogP contribution < -0.4 is 0 Å². The molecule has 16 heavy (non-hydrogen) atoms. The summed E-state index contributed by atoms with van der Waals surface area (Å²) in [5.41, 5.74) is 1.13. The average molecular weight is 235 g/mol. The number of rotatable bonds is 5. The minimum absolute atomic E-state index is 0.243. The molecule has 1 heterocycles. The van der Waals surface area contributed by atoms with Gasteiger partial charge in [-0.05, 0) is 24.3 Å². The summed E-state index contributed by atoms with van der Waals surface area (Å²) in [7, 11) is 0. The van der Waals surface area contributed by atoms with Crippen molar-refractivity contribution < 1.29 is 9.90 Å². The fourth-order valence-electron chi connectivity index (χ4n) is 1.53. The van der Waals surface area contributed by atoms with Crippen LogP contribution in [0.4, 0.5) is 0 Å². The first-order valence-electron chi connectivity index (χ1n) is 5.18. The number of thioether (sulfide) groups is 1. The molecule has 0 atom stereocenters. The molecular formula is C12H13NO2S. The third kappa shape index (κ3) is 2.79. The number of benzene rings is 1. The Morgan fingerprint density at radius 1 is 1.38 bits per heavy atom. The third-order valence-corrected chi connectivity index (χ3v) is 3.32. The summed E-state index contributed by atoms with van der Waals surface area (Å²) >= 11 is 1.67. The third-order valence-electron chi connectivity index (χ3n) is 2.30. The van der Waals surface area contributed by atoms with E-state index in [2.05, 4.69) is 17.1 Å². The standard InChI is InChI=1S/C12H13NO2S/c14-12(15)6-3-7-16-11-8-9-4-1-2-5-10(9)13-11/h1-2,4-5,8,13H,3,6-7H2,(H,14,15). The fraction of sp³-hybridized carbons (Fsp3) is 0.250. The van der Waals surface area contributed by atoms with Crippen LogP contribution in [0.3, 0.4) is 0 Å². The number of aromatic amines is 1. The minimum Gasteiger partial charge on any atom is -0.481 e. The Balaban J connectivity index is 1.92. The molecule has 0 amide bonds. The van der Waals surface area contributed by atoms with Crippen molar-refractivity contribution in [1.29, 1.82) is 0 Å². The van der Waals surface area contributed by atoms with Gasteiger partial charge in [0.1, 0.15) is 0 Å². The van der Waals surface area contributed by atoms with Crippen molar-refractivity contribution in [3.63, 3.8) is 0 Å². The van der Waals surface area contributed by atoms with E-state index >= 15 is 0 Å². The van der Waals surface area contributed by atoms with Gasteiger partial charge in [0.05, 0.1) is 5.03 Å². The topological polar surface area (TPSA) is 53.1 Å². The quantitative estimate of drug-likeness (QED) is 0.618. The molecule has 0 aliphatic rings. The van der Waals surface area contributed by atoms with Gasteiger partial charge in [0.2, 0.25) is 0 Å². The number of carbonyl (C=O) groups is 1. The fourth-order valence-corrected chi connectivity index (χ4v) is 2.43. The molecule has 0 spiro atoms. The van der Waals surface area contributed by atoms with Crippen LogP contribution in [0.2, 0.25) is 0 Å². The van der Waals surface area contributed by atoms with E-state index in [0.717, 1.165) is 16.3 Å². The Labute approximate surface area is 97.9 Å². The number of fused-ring (bicyclic) bond motifs is 1. The smallest absolute Gasteiger partial charge is 0.303 e. The summed E-state index contributed by atoms with van der Waals surface area (Å²) < 4.78 is 0. The van der Waals surface area contributed by atoms with Crippen LogP contribution in [0.1, 0.15) is 12.8 Å². The Kier molecular flexibility index (Phi) is 3.51. The average Bonchev–Trinajstić information content (AvgIpc) is 2.66. The van der Waals surface area contributed by atoms with Crippen molar-refractivity contribution in [2.24, 2.45) is 0 Å². The number of aliphatic carboxylic acids is 1. The van der Waals surface area contributed by atoms with Crippen molar-refractivity contribution in [1.82, 2.24) is 4.98 Å². The van der Waals surface area contributed by atoms with E-state index in [0.29, 0.717) is 6.42 Å². The summed E-state index contributed by atoms with van der Waals surface area (Å²) in [6, 6.07) is 10.2. The minimum atomic E-state index is -0.725. The highest BCUT2D eigenvalue weighted by Gasteiger charge is 2.01. The molecule has 2 N–H and O–H groups in total. The SMILES string of the molecule is O=C(O)CCCSc1cc2ccccc2[nH]1.